The van der Waals surface area contributed by atoms with Crippen LogP contribution in [0.3, 0.4) is 0 Å². The fourth-order valence-electron chi connectivity index (χ4n) is 2.38. The smallest absolute Gasteiger partial charge is 0.142 e. The first-order valence-electron chi connectivity index (χ1n) is 6.50. The van der Waals surface area contributed by atoms with Gasteiger partial charge in [-0.25, -0.2) is 0 Å². The summed E-state index contributed by atoms with van der Waals surface area (Å²) in [6.45, 7) is 4.36. The molecule has 0 spiro atoms. The van der Waals surface area contributed by atoms with Gasteiger partial charge in [-0.3, -0.25) is 4.90 Å². The first-order valence-corrected chi connectivity index (χ1v) is 6.50. The van der Waals surface area contributed by atoms with Crippen molar-refractivity contribution in [3.8, 4) is 11.8 Å². The second kappa shape index (κ2) is 6.41. The Kier molecular flexibility index (Phi) is 4.61. The minimum absolute atomic E-state index is 0.391. The molecular formula is C14H20N4O. The molecule has 1 aliphatic heterocycles. The minimum atomic E-state index is -0.391. The molecule has 2 N–H and O–H groups in total. The highest BCUT2D eigenvalue weighted by Crippen LogP contribution is 2.28. The van der Waals surface area contributed by atoms with Gasteiger partial charge in [0.25, 0.3) is 0 Å². The Balaban J connectivity index is 1.95. The summed E-state index contributed by atoms with van der Waals surface area (Å²) in [5.41, 5.74) is 6.79. The second-order valence-electron chi connectivity index (χ2n) is 4.70. The number of para-hydroxylation sites is 2. The number of piperazine rings is 1. The van der Waals surface area contributed by atoms with Crippen molar-refractivity contribution in [2.75, 3.05) is 44.7 Å². The lowest BCUT2D eigenvalue weighted by Crippen LogP contribution is -2.49. The van der Waals surface area contributed by atoms with Crippen molar-refractivity contribution in [1.29, 1.82) is 5.26 Å². The van der Waals surface area contributed by atoms with Gasteiger partial charge in [0, 0.05) is 32.7 Å². The number of rotatable bonds is 4. The average Bonchev–Trinajstić information content (AvgIpc) is 2.48. The van der Waals surface area contributed by atoms with Crippen LogP contribution < -0.4 is 15.4 Å². The number of ether oxygens (including phenoxy) is 1. The van der Waals surface area contributed by atoms with Gasteiger partial charge in [-0.1, -0.05) is 12.1 Å². The van der Waals surface area contributed by atoms with E-state index in [-0.39, 0.29) is 0 Å². The van der Waals surface area contributed by atoms with Gasteiger partial charge in [0.05, 0.1) is 18.9 Å². The second-order valence-corrected chi connectivity index (χ2v) is 4.70. The molecule has 1 aromatic carbocycles. The summed E-state index contributed by atoms with van der Waals surface area (Å²) in [6, 6.07) is 9.74. The highest BCUT2D eigenvalue weighted by Gasteiger charge is 2.20. The van der Waals surface area contributed by atoms with Crippen molar-refractivity contribution in [2.45, 2.75) is 6.04 Å². The third-order valence-electron chi connectivity index (χ3n) is 3.42. The van der Waals surface area contributed by atoms with E-state index in [4.69, 9.17) is 15.7 Å². The molecule has 102 valence electrons. The fourth-order valence-corrected chi connectivity index (χ4v) is 2.38. The van der Waals surface area contributed by atoms with E-state index in [1.54, 1.807) is 7.11 Å². The highest BCUT2D eigenvalue weighted by atomic mass is 16.5. The highest BCUT2D eigenvalue weighted by molar-refractivity contribution is 5.58. The Morgan fingerprint density at radius 1 is 1.32 bits per heavy atom. The zero-order chi connectivity index (χ0) is 13.7. The van der Waals surface area contributed by atoms with E-state index in [2.05, 4.69) is 21.9 Å². The Hall–Kier alpha value is -1.77. The largest absolute Gasteiger partial charge is 0.495 e. The summed E-state index contributed by atoms with van der Waals surface area (Å²) < 4.78 is 5.39. The van der Waals surface area contributed by atoms with Gasteiger partial charge < -0.3 is 15.4 Å². The lowest BCUT2D eigenvalue weighted by atomic mass is 10.2. The van der Waals surface area contributed by atoms with E-state index >= 15 is 0 Å². The Morgan fingerprint density at radius 2 is 2.00 bits per heavy atom. The number of methoxy groups -OCH3 is 1. The standard InChI is InChI=1S/C14H20N4O/c1-19-14-5-3-2-4-13(14)18-8-6-17(7-9-18)11-12(16)10-15/h2-5,12H,6-9,11,16H2,1H3. The predicted molar refractivity (Wildman–Crippen MR) is 75.2 cm³/mol. The maximum Gasteiger partial charge on any atom is 0.142 e. The number of nitriles is 1. The van der Waals surface area contributed by atoms with Crippen molar-refractivity contribution >= 4 is 5.69 Å². The van der Waals surface area contributed by atoms with E-state index in [9.17, 15) is 0 Å². The van der Waals surface area contributed by atoms with E-state index in [0.717, 1.165) is 37.6 Å². The van der Waals surface area contributed by atoms with Gasteiger partial charge in [0.15, 0.2) is 0 Å². The van der Waals surface area contributed by atoms with Gasteiger partial charge in [-0.05, 0) is 12.1 Å². The van der Waals surface area contributed by atoms with Crippen molar-refractivity contribution in [3.05, 3.63) is 24.3 Å². The minimum Gasteiger partial charge on any atom is -0.495 e. The summed E-state index contributed by atoms with van der Waals surface area (Å²) in [7, 11) is 1.70. The summed E-state index contributed by atoms with van der Waals surface area (Å²) >= 11 is 0. The fraction of sp³-hybridized carbons (Fsp3) is 0.500. The molecule has 0 saturated carbocycles. The van der Waals surface area contributed by atoms with Crippen LogP contribution in [0.5, 0.6) is 5.75 Å². The predicted octanol–water partition coefficient (Wildman–Crippen LogP) is 0.668. The zero-order valence-corrected chi connectivity index (χ0v) is 11.2. The summed E-state index contributed by atoms with van der Waals surface area (Å²) in [5.74, 6) is 0.907. The molecule has 1 unspecified atom stereocenters. The molecule has 5 heteroatoms. The van der Waals surface area contributed by atoms with Crippen LogP contribution in [0.15, 0.2) is 24.3 Å². The van der Waals surface area contributed by atoms with Gasteiger partial charge >= 0.3 is 0 Å². The number of nitrogens with zero attached hydrogens (tertiary/aromatic N) is 3. The monoisotopic (exact) mass is 260 g/mol. The topological polar surface area (TPSA) is 65.5 Å². The molecule has 1 saturated heterocycles. The van der Waals surface area contributed by atoms with Gasteiger partial charge in [0.2, 0.25) is 0 Å². The molecule has 19 heavy (non-hydrogen) atoms. The Labute approximate surface area is 114 Å². The summed E-state index contributed by atoms with van der Waals surface area (Å²) in [5, 5.41) is 8.74. The lowest BCUT2D eigenvalue weighted by Gasteiger charge is -2.36. The summed E-state index contributed by atoms with van der Waals surface area (Å²) in [6.07, 6.45) is 0. The molecule has 0 bridgehead atoms. The molecule has 1 aliphatic rings. The number of nitrogens with two attached hydrogens (primary N) is 1. The maximum absolute atomic E-state index is 8.74. The van der Waals surface area contributed by atoms with Crippen LogP contribution in [0.2, 0.25) is 0 Å². The first kappa shape index (κ1) is 13.7. The quantitative estimate of drug-likeness (QED) is 0.862. The van der Waals surface area contributed by atoms with Crippen molar-refractivity contribution in [3.63, 3.8) is 0 Å². The number of hydrogen-bond donors (Lipinski definition) is 1. The van der Waals surface area contributed by atoms with E-state index in [1.165, 1.54) is 0 Å². The van der Waals surface area contributed by atoms with Gasteiger partial charge in [-0.2, -0.15) is 5.26 Å². The third kappa shape index (κ3) is 3.37. The molecule has 0 amide bonds. The van der Waals surface area contributed by atoms with Crippen LogP contribution in [0.4, 0.5) is 5.69 Å². The Morgan fingerprint density at radius 3 is 2.63 bits per heavy atom. The number of hydrogen-bond acceptors (Lipinski definition) is 5. The van der Waals surface area contributed by atoms with Gasteiger partial charge in [-0.15, -0.1) is 0 Å². The molecule has 1 aromatic rings. The van der Waals surface area contributed by atoms with Crippen LogP contribution in [0.1, 0.15) is 0 Å². The number of benzene rings is 1. The van der Waals surface area contributed by atoms with Crippen LogP contribution in [0.25, 0.3) is 0 Å². The Bertz CT molecular complexity index is 449. The van der Waals surface area contributed by atoms with Crippen LogP contribution in [-0.4, -0.2) is 50.8 Å². The van der Waals surface area contributed by atoms with Gasteiger partial charge in [0.1, 0.15) is 11.8 Å². The number of anilines is 1. The van der Waals surface area contributed by atoms with Crippen LogP contribution in [-0.2, 0) is 0 Å². The maximum atomic E-state index is 8.74. The molecule has 0 aromatic heterocycles. The van der Waals surface area contributed by atoms with Crippen LogP contribution >= 0.6 is 0 Å². The molecule has 1 fully saturated rings. The molecule has 0 aliphatic carbocycles. The normalized spacial score (nSPS) is 17.8. The SMILES string of the molecule is COc1ccccc1N1CCN(CC(N)C#N)CC1. The van der Waals surface area contributed by atoms with Crippen LogP contribution in [0, 0.1) is 11.3 Å². The molecule has 5 nitrogen and oxygen atoms in total. The zero-order valence-electron chi connectivity index (χ0n) is 11.2. The molecule has 1 atom stereocenters. The van der Waals surface area contributed by atoms with E-state index in [1.807, 2.05) is 18.2 Å². The van der Waals surface area contributed by atoms with E-state index < -0.39 is 6.04 Å². The molecule has 0 radical (unpaired) electrons. The van der Waals surface area contributed by atoms with Crippen molar-refractivity contribution in [2.24, 2.45) is 5.73 Å². The summed E-state index contributed by atoms with van der Waals surface area (Å²) in [4.78, 5) is 4.55. The molecule has 2 rings (SSSR count). The molecular weight excluding hydrogens is 240 g/mol. The third-order valence-corrected chi connectivity index (χ3v) is 3.42. The molecule has 1 heterocycles. The first-order chi connectivity index (χ1) is 9.24. The average molecular weight is 260 g/mol. The van der Waals surface area contributed by atoms with E-state index in [0.29, 0.717) is 6.54 Å². The van der Waals surface area contributed by atoms with Crippen molar-refractivity contribution < 1.29 is 4.74 Å². The lowest BCUT2D eigenvalue weighted by molar-refractivity contribution is 0.253. The van der Waals surface area contributed by atoms with Crippen molar-refractivity contribution in [1.82, 2.24) is 4.90 Å².